The number of anilines is 2. The van der Waals surface area contributed by atoms with Gasteiger partial charge in [-0.3, -0.25) is 9.71 Å². The molecule has 10 heteroatoms. The number of thiocarbonyl (C=S) groups is 1. The number of methoxy groups -OCH3 is 1. The summed E-state index contributed by atoms with van der Waals surface area (Å²) < 4.78 is 34.3. The highest BCUT2D eigenvalue weighted by atomic mass is 32.2. The summed E-state index contributed by atoms with van der Waals surface area (Å²) in [6, 6.07) is 27.7. The molecule has 0 unspecified atom stereocenters. The van der Waals surface area contributed by atoms with Gasteiger partial charge in [-0.2, -0.15) is 0 Å². The Morgan fingerprint density at radius 2 is 1.74 bits per heavy atom. The van der Waals surface area contributed by atoms with Crippen LogP contribution >= 0.6 is 12.2 Å². The highest BCUT2D eigenvalue weighted by Crippen LogP contribution is 2.45. The summed E-state index contributed by atoms with van der Waals surface area (Å²) in [6.45, 7) is 4.26. The van der Waals surface area contributed by atoms with Crippen molar-refractivity contribution in [3.05, 3.63) is 114 Å². The van der Waals surface area contributed by atoms with Gasteiger partial charge in [0.25, 0.3) is 0 Å². The van der Waals surface area contributed by atoms with Gasteiger partial charge in [0, 0.05) is 34.7 Å². The van der Waals surface area contributed by atoms with Crippen LogP contribution in [0, 0.1) is 13.8 Å². The van der Waals surface area contributed by atoms with Crippen molar-refractivity contribution >= 4 is 49.5 Å². The van der Waals surface area contributed by atoms with Crippen molar-refractivity contribution in [3.8, 4) is 11.4 Å². The molecule has 0 saturated carbocycles. The van der Waals surface area contributed by atoms with Crippen molar-refractivity contribution in [2.24, 2.45) is 0 Å². The van der Waals surface area contributed by atoms with Gasteiger partial charge < -0.3 is 19.5 Å². The lowest BCUT2D eigenvalue weighted by molar-refractivity contribution is 0.417. The van der Waals surface area contributed by atoms with E-state index in [4.69, 9.17) is 17.0 Å². The lowest BCUT2D eigenvalue weighted by atomic mass is 9.96. The van der Waals surface area contributed by atoms with Crippen molar-refractivity contribution in [1.29, 1.82) is 0 Å². The van der Waals surface area contributed by atoms with Gasteiger partial charge in [-0.1, -0.05) is 42.5 Å². The van der Waals surface area contributed by atoms with E-state index in [0.29, 0.717) is 16.5 Å². The molecule has 1 aliphatic heterocycles. The van der Waals surface area contributed by atoms with E-state index in [1.807, 2.05) is 24.3 Å². The molecule has 1 aliphatic rings. The number of pyridine rings is 1. The molecule has 0 spiro atoms. The van der Waals surface area contributed by atoms with Gasteiger partial charge in [-0.05, 0) is 73.4 Å². The van der Waals surface area contributed by atoms with Crippen molar-refractivity contribution in [2.45, 2.75) is 25.9 Å². The minimum atomic E-state index is -3.49. The molecule has 214 valence electrons. The number of fused-ring (bicyclic) bond motifs is 1. The topological polar surface area (TPSA) is 88.5 Å². The third-order valence-corrected chi connectivity index (χ3v) is 8.56. The van der Waals surface area contributed by atoms with Gasteiger partial charge in [0.1, 0.15) is 5.75 Å². The minimum Gasteiger partial charge on any atom is -0.494 e. The smallest absolute Gasteiger partial charge is 0.229 e. The van der Waals surface area contributed by atoms with E-state index in [9.17, 15) is 8.42 Å². The SMILES string of the molecule is COc1cc(N2C(=S)N[C@@H](c3ccccn3)[C@@H]2c2cc(C)n(-c3cccc4ccccc34)c2C)ccc1NS(C)(=O)=O. The molecular formula is C32H31N5O3S2. The van der Waals surface area contributed by atoms with Crippen LogP contribution in [0.1, 0.15) is 34.7 Å². The second kappa shape index (κ2) is 10.8. The first kappa shape index (κ1) is 27.7. The van der Waals surface area contributed by atoms with Crippen LogP contribution < -0.4 is 19.7 Å². The number of rotatable bonds is 7. The number of benzene rings is 3. The van der Waals surface area contributed by atoms with E-state index in [-0.39, 0.29) is 12.1 Å². The van der Waals surface area contributed by atoms with Crippen molar-refractivity contribution in [3.63, 3.8) is 0 Å². The van der Waals surface area contributed by atoms with Crippen LogP contribution in [0.2, 0.25) is 0 Å². The van der Waals surface area contributed by atoms with Crippen LogP contribution in [-0.4, -0.2) is 36.4 Å². The molecule has 2 N–H and O–H groups in total. The van der Waals surface area contributed by atoms with E-state index in [1.165, 1.54) is 17.9 Å². The van der Waals surface area contributed by atoms with Gasteiger partial charge in [0.15, 0.2) is 5.11 Å². The highest BCUT2D eigenvalue weighted by molar-refractivity contribution is 7.92. The maximum atomic E-state index is 12.0. The van der Waals surface area contributed by atoms with Gasteiger partial charge in [-0.25, -0.2) is 8.42 Å². The van der Waals surface area contributed by atoms with E-state index in [1.54, 1.807) is 18.3 Å². The first-order valence-corrected chi connectivity index (χ1v) is 15.8. The number of hydrogen-bond donors (Lipinski definition) is 2. The van der Waals surface area contributed by atoms with Crippen molar-refractivity contribution in [1.82, 2.24) is 14.9 Å². The second-order valence-corrected chi connectivity index (χ2v) is 12.6. The summed E-state index contributed by atoms with van der Waals surface area (Å²) in [6.07, 6.45) is 2.90. The van der Waals surface area contributed by atoms with Crippen LogP contribution in [0.25, 0.3) is 16.5 Å². The van der Waals surface area contributed by atoms with Gasteiger partial charge >= 0.3 is 0 Å². The molecule has 5 aromatic rings. The molecule has 0 radical (unpaired) electrons. The lowest BCUT2D eigenvalue weighted by Crippen LogP contribution is -2.29. The van der Waals surface area contributed by atoms with Crippen LogP contribution in [0.15, 0.2) is 91.1 Å². The van der Waals surface area contributed by atoms with Gasteiger partial charge in [0.2, 0.25) is 10.0 Å². The zero-order valence-electron chi connectivity index (χ0n) is 23.7. The quantitative estimate of drug-likeness (QED) is 0.216. The Hall–Kier alpha value is -4.41. The Morgan fingerprint density at radius 3 is 2.48 bits per heavy atom. The summed E-state index contributed by atoms with van der Waals surface area (Å²) in [5.41, 5.74) is 6.39. The fraction of sp³-hybridized carbons (Fsp3) is 0.188. The summed E-state index contributed by atoms with van der Waals surface area (Å²) in [4.78, 5) is 6.75. The first-order chi connectivity index (χ1) is 20.2. The zero-order valence-corrected chi connectivity index (χ0v) is 25.3. The third-order valence-electron chi connectivity index (χ3n) is 7.65. The normalized spacial score (nSPS) is 17.0. The Balaban J connectivity index is 1.52. The largest absolute Gasteiger partial charge is 0.494 e. The first-order valence-electron chi connectivity index (χ1n) is 13.5. The molecule has 42 heavy (non-hydrogen) atoms. The Bertz CT molecular complexity index is 1920. The second-order valence-electron chi connectivity index (χ2n) is 10.4. The highest BCUT2D eigenvalue weighted by Gasteiger charge is 2.42. The van der Waals surface area contributed by atoms with Crippen LogP contribution in [0.4, 0.5) is 11.4 Å². The molecule has 0 amide bonds. The number of hydrogen-bond acceptors (Lipinski definition) is 5. The molecular weight excluding hydrogens is 567 g/mol. The molecule has 0 aliphatic carbocycles. The minimum absolute atomic E-state index is 0.236. The number of nitrogens with one attached hydrogen (secondary N) is 2. The molecule has 2 atom stereocenters. The predicted molar refractivity (Wildman–Crippen MR) is 172 cm³/mol. The Morgan fingerprint density at radius 1 is 0.976 bits per heavy atom. The Kier molecular flexibility index (Phi) is 7.12. The Labute approximate surface area is 251 Å². The summed E-state index contributed by atoms with van der Waals surface area (Å²) in [7, 11) is -1.98. The van der Waals surface area contributed by atoms with Gasteiger partial charge in [-0.15, -0.1) is 0 Å². The van der Waals surface area contributed by atoms with Crippen molar-refractivity contribution in [2.75, 3.05) is 23.0 Å². The zero-order chi connectivity index (χ0) is 29.6. The van der Waals surface area contributed by atoms with E-state index in [2.05, 4.69) is 86.9 Å². The number of ether oxygens (including phenoxy) is 1. The molecule has 8 nitrogen and oxygen atoms in total. The number of sulfonamides is 1. The number of nitrogens with zero attached hydrogens (tertiary/aromatic N) is 3. The van der Waals surface area contributed by atoms with Crippen LogP contribution in [0.3, 0.4) is 0 Å². The molecule has 2 aromatic heterocycles. The average molecular weight is 598 g/mol. The maximum absolute atomic E-state index is 12.0. The summed E-state index contributed by atoms with van der Waals surface area (Å²) in [5, 5.41) is 6.40. The molecule has 6 rings (SSSR count). The van der Waals surface area contributed by atoms with Crippen LogP contribution in [-0.2, 0) is 10.0 Å². The van der Waals surface area contributed by atoms with E-state index < -0.39 is 10.0 Å². The summed E-state index contributed by atoms with van der Waals surface area (Å²) in [5.74, 6) is 0.391. The predicted octanol–water partition coefficient (Wildman–Crippen LogP) is 6.20. The molecule has 1 fully saturated rings. The lowest BCUT2D eigenvalue weighted by Gasteiger charge is -2.29. The number of aromatic nitrogens is 2. The van der Waals surface area contributed by atoms with E-state index >= 15 is 0 Å². The molecule has 1 saturated heterocycles. The van der Waals surface area contributed by atoms with Crippen molar-refractivity contribution < 1.29 is 13.2 Å². The maximum Gasteiger partial charge on any atom is 0.229 e. The molecule has 0 bridgehead atoms. The molecule has 3 aromatic carbocycles. The number of aryl methyl sites for hydroxylation is 1. The summed E-state index contributed by atoms with van der Waals surface area (Å²) >= 11 is 5.94. The fourth-order valence-electron chi connectivity index (χ4n) is 5.92. The molecule has 3 heterocycles. The van der Waals surface area contributed by atoms with Crippen LogP contribution in [0.5, 0.6) is 5.75 Å². The average Bonchev–Trinajstić information content (AvgIpc) is 3.47. The fourth-order valence-corrected chi connectivity index (χ4v) is 6.84. The van der Waals surface area contributed by atoms with E-state index in [0.717, 1.165) is 40.3 Å². The van der Waals surface area contributed by atoms with Gasteiger partial charge in [0.05, 0.1) is 42.5 Å². The standard InChI is InChI=1S/C32H31N5O3S2/c1-20-18-25(21(2)36(20)28-14-9-11-22-10-5-6-12-24(22)28)31-30(27-13-7-8-17-33-27)34-32(41)37(31)23-15-16-26(29(19-23)40-3)35-42(4,38)39/h5-19,30-31,35H,1-4H3,(H,34,41)/t30-,31-/m0/s1. The third kappa shape index (κ3) is 4.97. The monoisotopic (exact) mass is 597 g/mol.